The van der Waals surface area contributed by atoms with E-state index in [4.69, 9.17) is 9.47 Å². The maximum Gasteiger partial charge on any atom is 0.137 e. The smallest absolute Gasteiger partial charge is 0.137 e. The van der Waals surface area contributed by atoms with E-state index < -0.39 is 0 Å². The predicted molar refractivity (Wildman–Crippen MR) is 115 cm³/mol. The van der Waals surface area contributed by atoms with Crippen molar-refractivity contribution in [3.8, 4) is 5.75 Å². The van der Waals surface area contributed by atoms with Crippen LogP contribution in [0.15, 0.2) is 18.5 Å². The van der Waals surface area contributed by atoms with Crippen molar-refractivity contribution in [2.45, 2.75) is 66.7 Å². The molecular weight excluding hydrogens is 336 g/mol. The summed E-state index contributed by atoms with van der Waals surface area (Å²) in [7, 11) is 2.21. The zero-order chi connectivity index (χ0) is 20.1. The highest BCUT2D eigenvalue weighted by molar-refractivity contribution is 5.23. The third-order valence-corrected chi connectivity index (χ3v) is 4.60. The van der Waals surface area contributed by atoms with Crippen LogP contribution >= 0.6 is 0 Å². The average Bonchev–Trinajstić information content (AvgIpc) is 2.59. The van der Waals surface area contributed by atoms with E-state index in [1.54, 1.807) is 6.20 Å². The molecule has 0 radical (unpaired) electrons. The number of aromatic nitrogens is 1. The van der Waals surface area contributed by atoms with Gasteiger partial charge in [0.15, 0.2) is 0 Å². The fourth-order valence-electron chi connectivity index (χ4n) is 2.79. The molecule has 0 aromatic carbocycles. The SMILES string of the molecule is CC(C)CCOCCOc1cncc(CCN(C)CCCCC(C)(C)C)c1. The number of ether oxygens (including phenoxy) is 2. The van der Waals surface area contributed by atoms with E-state index in [0.29, 0.717) is 24.5 Å². The van der Waals surface area contributed by atoms with E-state index >= 15 is 0 Å². The van der Waals surface area contributed by atoms with Gasteiger partial charge in [0.2, 0.25) is 0 Å². The summed E-state index contributed by atoms with van der Waals surface area (Å²) in [5, 5.41) is 0. The molecule has 0 saturated carbocycles. The van der Waals surface area contributed by atoms with Crippen molar-refractivity contribution >= 4 is 0 Å². The highest BCUT2D eigenvalue weighted by Gasteiger charge is 2.09. The molecule has 0 fully saturated rings. The van der Waals surface area contributed by atoms with E-state index in [2.05, 4.69) is 57.6 Å². The van der Waals surface area contributed by atoms with Crippen molar-refractivity contribution in [3.05, 3.63) is 24.0 Å². The van der Waals surface area contributed by atoms with Crippen molar-refractivity contribution in [3.63, 3.8) is 0 Å². The number of likely N-dealkylation sites (N-methyl/N-ethyl adjacent to an activating group) is 1. The summed E-state index contributed by atoms with van der Waals surface area (Å²) in [6, 6.07) is 2.11. The molecule has 1 rings (SSSR count). The van der Waals surface area contributed by atoms with Gasteiger partial charge in [0.1, 0.15) is 12.4 Å². The Balaban J connectivity index is 2.19. The molecule has 4 nitrogen and oxygen atoms in total. The maximum absolute atomic E-state index is 5.77. The second-order valence-corrected chi connectivity index (χ2v) is 9.24. The van der Waals surface area contributed by atoms with Gasteiger partial charge in [-0.1, -0.05) is 41.0 Å². The van der Waals surface area contributed by atoms with Crippen LogP contribution in [-0.4, -0.2) is 49.8 Å². The minimum absolute atomic E-state index is 0.449. The largest absolute Gasteiger partial charge is 0.490 e. The Kier molecular flexibility index (Phi) is 11.6. The van der Waals surface area contributed by atoms with Gasteiger partial charge in [-0.2, -0.15) is 0 Å². The van der Waals surface area contributed by atoms with Gasteiger partial charge in [-0.25, -0.2) is 0 Å². The molecule has 4 heteroatoms. The third kappa shape index (κ3) is 13.7. The summed E-state index contributed by atoms with van der Waals surface area (Å²) in [5.74, 6) is 1.52. The molecule has 1 aromatic rings. The number of rotatable bonds is 14. The first kappa shape index (κ1) is 23.9. The highest BCUT2D eigenvalue weighted by Crippen LogP contribution is 2.21. The third-order valence-electron chi connectivity index (χ3n) is 4.60. The first-order chi connectivity index (χ1) is 12.8. The van der Waals surface area contributed by atoms with Crippen molar-refractivity contribution < 1.29 is 9.47 Å². The van der Waals surface area contributed by atoms with E-state index in [1.165, 1.54) is 24.8 Å². The summed E-state index contributed by atoms with van der Waals surface area (Å²) >= 11 is 0. The molecule has 0 spiro atoms. The van der Waals surface area contributed by atoms with Crippen LogP contribution in [0.2, 0.25) is 0 Å². The van der Waals surface area contributed by atoms with Crippen LogP contribution in [0.5, 0.6) is 5.75 Å². The molecule has 0 aliphatic heterocycles. The Bertz CT molecular complexity index is 497. The lowest BCUT2D eigenvalue weighted by molar-refractivity contribution is 0.0924. The average molecular weight is 379 g/mol. The number of hydrogen-bond acceptors (Lipinski definition) is 4. The van der Waals surface area contributed by atoms with Crippen LogP contribution in [0.1, 0.15) is 65.9 Å². The van der Waals surface area contributed by atoms with Gasteiger partial charge in [0.05, 0.1) is 12.8 Å². The monoisotopic (exact) mass is 378 g/mol. The van der Waals surface area contributed by atoms with Crippen molar-refractivity contribution in [1.29, 1.82) is 0 Å². The van der Waals surface area contributed by atoms with E-state index in [-0.39, 0.29) is 0 Å². The minimum atomic E-state index is 0.449. The first-order valence-electron chi connectivity index (χ1n) is 10.6. The van der Waals surface area contributed by atoms with Crippen LogP contribution in [0.4, 0.5) is 0 Å². The standard InChI is InChI=1S/C23H42N2O2/c1-20(2)10-14-26-15-16-27-22-17-21(18-24-19-22)9-13-25(6)12-8-7-11-23(3,4)5/h17-20H,7-16H2,1-6H3. The number of unbranched alkanes of at least 4 members (excludes halogenated alkanes) is 1. The van der Waals surface area contributed by atoms with Gasteiger partial charge in [-0.3, -0.25) is 4.98 Å². The Morgan fingerprint density at radius 1 is 1.04 bits per heavy atom. The molecule has 27 heavy (non-hydrogen) atoms. The molecule has 0 atom stereocenters. The molecule has 0 unspecified atom stereocenters. The first-order valence-corrected chi connectivity index (χ1v) is 10.6. The topological polar surface area (TPSA) is 34.6 Å². The van der Waals surface area contributed by atoms with Gasteiger partial charge in [0.25, 0.3) is 0 Å². The molecule has 0 aliphatic carbocycles. The molecule has 156 valence electrons. The zero-order valence-electron chi connectivity index (χ0n) is 18.6. The number of nitrogens with zero attached hydrogens (tertiary/aromatic N) is 2. The van der Waals surface area contributed by atoms with E-state index in [1.807, 2.05) is 6.20 Å². The molecular formula is C23H42N2O2. The van der Waals surface area contributed by atoms with Gasteiger partial charge in [0, 0.05) is 19.3 Å². The van der Waals surface area contributed by atoms with Crippen LogP contribution in [-0.2, 0) is 11.2 Å². The summed E-state index contributed by atoms with van der Waals surface area (Å²) in [4.78, 5) is 6.73. The number of hydrogen-bond donors (Lipinski definition) is 0. The molecule has 0 amide bonds. The fourth-order valence-corrected chi connectivity index (χ4v) is 2.79. The summed E-state index contributed by atoms with van der Waals surface area (Å²) in [6.45, 7) is 15.6. The lowest BCUT2D eigenvalue weighted by Crippen LogP contribution is -2.22. The summed E-state index contributed by atoms with van der Waals surface area (Å²) < 4.78 is 11.4. The zero-order valence-corrected chi connectivity index (χ0v) is 18.6. The maximum atomic E-state index is 5.77. The van der Waals surface area contributed by atoms with Crippen LogP contribution in [0.25, 0.3) is 0 Å². The van der Waals surface area contributed by atoms with Gasteiger partial charge in [-0.05, 0) is 62.2 Å². The lowest BCUT2D eigenvalue weighted by Gasteiger charge is -2.20. The second kappa shape index (κ2) is 13.1. The van der Waals surface area contributed by atoms with Crippen LogP contribution in [0.3, 0.4) is 0 Å². The normalized spacial score (nSPS) is 12.1. The summed E-state index contributed by atoms with van der Waals surface area (Å²) in [6.07, 6.45) is 9.70. The van der Waals surface area contributed by atoms with Crippen LogP contribution in [0, 0.1) is 11.3 Å². The molecule has 0 aliphatic rings. The quantitative estimate of drug-likeness (QED) is 0.416. The Morgan fingerprint density at radius 3 is 2.52 bits per heavy atom. The molecule has 0 saturated heterocycles. The highest BCUT2D eigenvalue weighted by atomic mass is 16.5. The lowest BCUT2D eigenvalue weighted by atomic mass is 9.90. The Morgan fingerprint density at radius 2 is 1.81 bits per heavy atom. The van der Waals surface area contributed by atoms with E-state index in [0.717, 1.165) is 38.3 Å². The molecule has 0 bridgehead atoms. The van der Waals surface area contributed by atoms with Gasteiger partial charge >= 0.3 is 0 Å². The molecule has 0 N–H and O–H groups in total. The van der Waals surface area contributed by atoms with E-state index in [9.17, 15) is 0 Å². The van der Waals surface area contributed by atoms with Crippen LogP contribution < -0.4 is 4.74 Å². The predicted octanol–water partition coefficient (Wildman–Crippen LogP) is 5.21. The van der Waals surface area contributed by atoms with Gasteiger partial charge in [-0.15, -0.1) is 0 Å². The molecule has 1 heterocycles. The van der Waals surface area contributed by atoms with Gasteiger partial charge < -0.3 is 14.4 Å². The Hall–Kier alpha value is -1.13. The fraction of sp³-hybridized carbons (Fsp3) is 0.783. The Labute approximate surface area is 167 Å². The molecule has 1 aromatic heterocycles. The summed E-state index contributed by atoms with van der Waals surface area (Å²) in [5.41, 5.74) is 1.68. The number of pyridine rings is 1. The van der Waals surface area contributed by atoms with Crippen molar-refractivity contribution in [1.82, 2.24) is 9.88 Å². The van der Waals surface area contributed by atoms with Crippen molar-refractivity contribution in [2.75, 3.05) is 40.0 Å². The second-order valence-electron chi connectivity index (χ2n) is 9.24. The minimum Gasteiger partial charge on any atom is -0.490 e. The van der Waals surface area contributed by atoms with Crippen molar-refractivity contribution in [2.24, 2.45) is 11.3 Å².